The minimum atomic E-state index is -0.252. The van der Waals surface area contributed by atoms with Crippen molar-refractivity contribution in [2.45, 2.75) is 26.9 Å². The van der Waals surface area contributed by atoms with Gasteiger partial charge in [0.1, 0.15) is 11.6 Å². The van der Waals surface area contributed by atoms with Crippen LogP contribution in [0.3, 0.4) is 0 Å². The molecule has 7 heteroatoms. The second-order valence-corrected chi connectivity index (χ2v) is 7.86. The van der Waals surface area contributed by atoms with E-state index in [4.69, 9.17) is 9.47 Å². The van der Waals surface area contributed by atoms with Gasteiger partial charge in [-0.2, -0.15) is 0 Å². The van der Waals surface area contributed by atoms with Crippen LogP contribution in [0.25, 0.3) is 0 Å². The topological polar surface area (TPSA) is 46.9 Å². The standard InChI is InChI=1S/C23H32FN3O3/c1-17-13-21(18(2)27(17)11-12-29-3)22(28)16-26-9-7-25(8-10-26)15-19-14-20(24)5-6-23(19)30-4/h5-6,13-14H,7-12,15-16H2,1-4H3. The molecular weight excluding hydrogens is 385 g/mol. The number of rotatable bonds is 9. The van der Waals surface area contributed by atoms with Crippen molar-refractivity contribution < 1.29 is 18.7 Å². The highest BCUT2D eigenvalue weighted by Gasteiger charge is 2.22. The third-order valence-electron chi connectivity index (χ3n) is 5.86. The van der Waals surface area contributed by atoms with E-state index in [-0.39, 0.29) is 11.6 Å². The van der Waals surface area contributed by atoms with Gasteiger partial charge in [-0.15, -0.1) is 0 Å². The number of benzene rings is 1. The first kappa shape index (κ1) is 22.5. The van der Waals surface area contributed by atoms with E-state index in [2.05, 4.69) is 14.4 Å². The van der Waals surface area contributed by atoms with Crippen LogP contribution in [-0.4, -0.2) is 73.7 Å². The molecule has 1 fully saturated rings. The Morgan fingerprint density at radius 2 is 1.77 bits per heavy atom. The summed E-state index contributed by atoms with van der Waals surface area (Å²) in [7, 11) is 3.29. The average molecular weight is 418 g/mol. The lowest BCUT2D eigenvalue weighted by atomic mass is 10.1. The van der Waals surface area contributed by atoms with Gasteiger partial charge in [0.2, 0.25) is 0 Å². The number of aryl methyl sites for hydroxylation is 1. The van der Waals surface area contributed by atoms with Crippen molar-refractivity contribution in [1.82, 2.24) is 14.4 Å². The Kier molecular flexibility index (Phi) is 7.64. The monoisotopic (exact) mass is 417 g/mol. The minimum Gasteiger partial charge on any atom is -0.496 e. The highest BCUT2D eigenvalue weighted by molar-refractivity contribution is 5.99. The summed E-state index contributed by atoms with van der Waals surface area (Å²) in [5, 5.41) is 0. The summed E-state index contributed by atoms with van der Waals surface area (Å²) in [5.41, 5.74) is 3.74. The zero-order valence-corrected chi connectivity index (χ0v) is 18.4. The Labute approximate surface area is 178 Å². The average Bonchev–Trinajstić information content (AvgIpc) is 3.02. The van der Waals surface area contributed by atoms with Crippen LogP contribution in [0.1, 0.15) is 27.3 Å². The summed E-state index contributed by atoms with van der Waals surface area (Å²) in [5.74, 6) is 0.614. The van der Waals surface area contributed by atoms with Crippen molar-refractivity contribution in [3.63, 3.8) is 0 Å². The number of ether oxygens (including phenoxy) is 2. The largest absolute Gasteiger partial charge is 0.496 e. The molecule has 0 atom stereocenters. The number of nitrogens with zero attached hydrogens (tertiary/aromatic N) is 3. The van der Waals surface area contributed by atoms with Gasteiger partial charge in [-0.3, -0.25) is 14.6 Å². The van der Waals surface area contributed by atoms with Crippen molar-refractivity contribution in [2.75, 3.05) is 53.6 Å². The van der Waals surface area contributed by atoms with E-state index in [1.54, 1.807) is 20.3 Å². The summed E-state index contributed by atoms with van der Waals surface area (Å²) in [4.78, 5) is 17.4. The second-order valence-electron chi connectivity index (χ2n) is 7.86. The van der Waals surface area contributed by atoms with Crippen LogP contribution in [0.2, 0.25) is 0 Å². The van der Waals surface area contributed by atoms with Crippen LogP contribution in [0.15, 0.2) is 24.3 Å². The maximum absolute atomic E-state index is 13.6. The zero-order chi connectivity index (χ0) is 21.7. The Bertz CT molecular complexity index is 873. The molecule has 3 rings (SSSR count). The SMILES string of the molecule is COCCn1c(C)cc(C(=O)CN2CCN(Cc3cc(F)ccc3OC)CC2)c1C. The molecular formula is C23H32FN3O3. The van der Waals surface area contributed by atoms with Crippen LogP contribution in [0.5, 0.6) is 5.75 Å². The molecule has 1 aliphatic rings. The maximum Gasteiger partial charge on any atom is 0.178 e. The van der Waals surface area contributed by atoms with Crippen molar-refractivity contribution in [1.29, 1.82) is 0 Å². The first-order chi connectivity index (χ1) is 14.4. The van der Waals surface area contributed by atoms with E-state index in [0.29, 0.717) is 25.4 Å². The number of carbonyl (C=O) groups is 1. The van der Waals surface area contributed by atoms with E-state index < -0.39 is 0 Å². The molecule has 1 aromatic heterocycles. The molecule has 30 heavy (non-hydrogen) atoms. The van der Waals surface area contributed by atoms with Crippen LogP contribution in [0, 0.1) is 19.7 Å². The van der Waals surface area contributed by atoms with Gasteiger partial charge in [-0.25, -0.2) is 4.39 Å². The molecule has 0 radical (unpaired) electrons. The van der Waals surface area contributed by atoms with Gasteiger partial charge in [0.25, 0.3) is 0 Å². The second kappa shape index (κ2) is 10.2. The van der Waals surface area contributed by atoms with Gasteiger partial charge < -0.3 is 14.0 Å². The Morgan fingerprint density at radius 3 is 2.43 bits per heavy atom. The van der Waals surface area contributed by atoms with Crippen molar-refractivity contribution in [3.05, 3.63) is 52.6 Å². The predicted octanol–water partition coefficient (Wildman–Crippen LogP) is 2.90. The lowest BCUT2D eigenvalue weighted by Gasteiger charge is -2.34. The lowest BCUT2D eigenvalue weighted by molar-refractivity contribution is 0.0842. The molecule has 0 bridgehead atoms. The van der Waals surface area contributed by atoms with E-state index in [0.717, 1.165) is 55.2 Å². The van der Waals surface area contributed by atoms with Crippen molar-refractivity contribution in [2.24, 2.45) is 0 Å². The quantitative estimate of drug-likeness (QED) is 0.587. The van der Waals surface area contributed by atoms with Crippen LogP contribution >= 0.6 is 0 Å². The first-order valence-corrected chi connectivity index (χ1v) is 10.4. The summed E-state index contributed by atoms with van der Waals surface area (Å²) < 4.78 is 26.3. The Balaban J connectivity index is 1.55. The number of halogens is 1. The fourth-order valence-electron chi connectivity index (χ4n) is 4.12. The summed E-state index contributed by atoms with van der Waals surface area (Å²) in [6.07, 6.45) is 0. The molecule has 0 aliphatic carbocycles. The van der Waals surface area contributed by atoms with Crippen LogP contribution < -0.4 is 4.74 Å². The smallest absolute Gasteiger partial charge is 0.178 e. The fourth-order valence-corrected chi connectivity index (χ4v) is 4.12. The third kappa shape index (κ3) is 5.28. The van der Waals surface area contributed by atoms with E-state index in [1.165, 1.54) is 12.1 Å². The number of aromatic nitrogens is 1. The molecule has 0 saturated carbocycles. The van der Waals surface area contributed by atoms with Gasteiger partial charge in [0.15, 0.2) is 5.78 Å². The van der Waals surface area contributed by atoms with E-state index in [1.807, 2.05) is 19.9 Å². The predicted molar refractivity (Wildman–Crippen MR) is 115 cm³/mol. The first-order valence-electron chi connectivity index (χ1n) is 10.4. The molecule has 0 N–H and O–H groups in total. The molecule has 0 unspecified atom stereocenters. The molecule has 1 aromatic carbocycles. The summed E-state index contributed by atoms with van der Waals surface area (Å²) in [6, 6.07) is 6.61. The van der Waals surface area contributed by atoms with E-state index in [9.17, 15) is 9.18 Å². The number of methoxy groups -OCH3 is 2. The Hall–Kier alpha value is -2.22. The molecule has 1 aliphatic heterocycles. The molecule has 2 heterocycles. The molecule has 164 valence electrons. The fraction of sp³-hybridized carbons (Fsp3) is 0.522. The number of hydrogen-bond acceptors (Lipinski definition) is 5. The van der Waals surface area contributed by atoms with Crippen LogP contribution in [0.4, 0.5) is 4.39 Å². The summed E-state index contributed by atoms with van der Waals surface area (Å²) >= 11 is 0. The van der Waals surface area contributed by atoms with Gasteiger partial charge >= 0.3 is 0 Å². The number of Topliss-reactive ketones (excluding diaryl/α,β-unsaturated/α-hetero) is 1. The van der Waals surface area contributed by atoms with Crippen molar-refractivity contribution >= 4 is 5.78 Å². The highest BCUT2D eigenvalue weighted by Crippen LogP contribution is 2.22. The van der Waals surface area contributed by atoms with Crippen LogP contribution in [-0.2, 0) is 17.8 Å². The summed E-state index contributed by atoms with van der Waals surface area (Å²) in [6.45, 7) is 9.76. The lowest BCUT2D eigenvalue weighted by Crippen LogP contribution is -2.47. The number of carbonyl (C=O) groups excluding carboxylic acids is 1. The maximum atomic E-state index is 13.6. The van der Waals surface area contributed by atoms with E-state index >= 15 is 0 Å². The van der Waals surface area contributed by atoms with Gasteiger partial charge in [-0.1, -0.05) is 0 Å². The Morgan fingerprint density at radius 1 is 1.07 bits per heavy atom. The third-order valence-corrected chi connectivity index (χ3v) is 5.86. The number of hydrogen-bond donors (Lipinski definition) is 0. The number of ketones is 1. The molecule has 0 spiro atoms. The van der Waals surface area contributed by atoms with Gasteiger partial charge in [0.05, 0.1) is 20.3 Å². The van der Waals surface area contributed by atoms with Gasteiger partial charge in [-0.05, 0) is 38.1 Å². The van der Waals surface area contributed by atoms with Gasteiger partial charge in [0, 0.05) is 68.9 Å². The van der Waals surface area contributed by atoms with Crippen molar-refractivity contribution in [3.8, 4) is 5.75 Å². The highest BCUT2D eigenvalue weighted by atomic mass is 19.1. The molecule has 2 aromatic rings. The minimum absolute atomic E-state index is 0.159. The number of piperazine rings is 1. The zero-order valence-electron chi connectivity index (χ0n) is 18.4. The molecule has 1 saturated heterocycles. The normalized spacial score (nSPS) is 15.5. The molecule has 6 nitrogen and oxygen atoms in total. The molecule has 0 amide bonds.